The number of fused-ring (bicyclic) bond motifs is 1. The molecular weight excluding hydrogens is 262 g/mol. The highest BCUT2D eigenvalue weighted by Gasteiger charge is 2.32. The number of rotatable bonds is 3. The van der Waals surface area contributed by atoms with Crippen molar-refractivity contribution < 1.29 is 4.79 Å². The van der Waals surface area contributed by atoms with Gasteiger partial charge in [0.2, 0.25) is 5.91 Å². The number of carbonyl (C=O) groups excluding carboxylic acids is 1. The van der Waals surface area contributed by atoms with Crippen LogP contribution in [0.1, 0.15) is 20.8 Å². The van der Waals surface area contributed by atoms with E-state index in [4.69, 9.17) is 0 Å². The predicted octanol–water partition coefficient (Wildman–Crippen LogP) is 2.45. The summed E-state index contributed by atoms with van der Waals surface area (Å²) in [6.07, 6.45) is 0. The van der Waals surface area contributed by atoms with Crippen LogP contribution in [0.15, 0.2) is 24.3 Å². The summed E-state index contributed by atoms with van der Waals surface area (Å²) in [5, 5.41) is 0. The molecule has 0 fully saturated rings. The minimum Gasteiger partial charge on any atom is -0.367 e. The summed E-state index contributed by atoms with van der Waals surface area (Å²) in [5.74, 6) is 0.196. The average Bonchev–Trinajstić information content (AvgIpc) is 2.42. The number of likely N-dealkylation sites (N-methyl/N-ethyl adjacent to an activating group) is 1. The van der Waals surface area contributed by atoms with E-state index in [1.54, 1.807) is 0 Å². The first-order valence-corrected chi connectivity index (χ1v) is 7.61. The summed E-state index contributed by atoms with van der Waals surface area (Å²) in [4.78, 5) is 19.2. The summed E-state index contributed by atoms with van der Waals surface area (Å²) in [5.41, 5.74) is 1.87. The number of nitrogens with zero attached hydrogens (tertiary/aromatic N) is 3. The van der Waals surface area contributed by atoms with Gasteiger partial charge in [-0.25, -0.2) is 0 Å². The largest absolute Gasteiger partial charge is 0.367 e. The van der Waals surface area contributed by atoms with Crippen molar-refractivity contribution in [1.82, 2.24) is 4.90 Å². The molecule has 1 aromatic carbocycles. The summed E-state index contributed by atoms with van der Waals surface area (Å²) in [7, 11) is 4.18. The zero-order valence-electron chi connectivity index (χ0n) is 13.9. The van der Waals surface area contributed by atoms with Gasteiger partial charge >= 0.3 is 0 Å². The molecule has 116 valence electrons. The van der Waals surface area contributed by atoms with E-state index in [0.717, 1.165) is 31.9 Å². The van der Waals surface area contributed by atoms with E-state index in [1.807, 2.05) is 37.8 Å². The second-order valence-corrected chi connectivity index (χ2v) is 6.99. The molecule has 1 aromatic rings. The van der Waals surface area contributed by atoms with Crippen molar-refractivity contribution in [2.45, 2.75) is 20.8 Å². The average molecular weight is 289 g/mol. The van der Waals surface area contributed by atoms with Crippen LogP contribution in [0, 0.1) is 5.41 Å². The highest BCUT2D eigenvalue weighted by Crippen LogP contribution is 2.35. The van der Waals surface area contributed by atoms with E-state index >= 15 is 0 Å². The molecule has 0 unspecified atom stereocenters. The van der Waals surface area contributed by atoms with Gasteiger partial charge in [0.05, 0.1) is 11.4 Å². The molecule has 0 N–H and O–H groups in total. The first kappa shape index (κ1) is 15.8. The molecule has 1 aliphatic rings. The minimum absolute atomic E-state index is 0.196. The summed E-state index contributed by atoms with van der Waals surface area (Å²) in [6.45, 7) is 9.61. The third kappa shape index (κ3) is 3.56. The number of carbonyl (C=O) groups is 1. The molecule has 0 saturated carbocycles. The van der Waals surface area contributed by atoms with Crippen LogP contribution in [0.25, 0.3) is 0 Å². The molecule has 21 heavy (non-hydrogen) atoms. The predicted molar refractivity (Wildman–Crippen MR) is 89.0 cm³/mol. The standard InChI is InChI=1S/C17H27N3O/c1-17(2,3)16(21)20-13-12-19(11-10-18(4)5)14-8-6-7-9-15(14)20/h6-9H,10-13H2,1-5H3. The second kappa shape index (κ2) is 6.06. The fourth-order valence-corrected chi connectivity index (χ4v) is 2.59. The van der Waals surface area contributed by atoms with Crippen molar-refractivity contribution in [3.63, 3.8) is 0 Å². The van der Waals surface area contributed by atoms with Crippen molar-refractivity contribution >= 4 is 17.3 Å². The van der Waals surface area contributed by atoms with E-state index in [0.29, 0.717) is 0 Å². The van der Waals surface area contributed by atoms with E-state index in [9.17, 15) is 4.79 Å². The van der Waals surface area contributed by atoms with Gasteiger partial charge in [0.15, 0.2) is 0 Å². The van der Waals surface area contributed by atoms with Gasteiger partial charge in [0, 0.05) is 31.6 Å². The Labute approximate surface area is 128 Å². The Morgan fingerprint density at radius 1 is 1.14 bits per heavy atom. The van der Waals surface area contributed by atoms with Crippen LogP contribution in [0.5, 0.6) is 0 Å². The quantitative estimate of drug-likeness (QED) is 0.855. The molecule has 0 aromatic heterocycles. The summed E-state index contributed by atoms with van der Waals surface area (Å²) < 4.78 is 0. The van der Waals surface area contributed by atoms with Crippen molar-refractivity contribution in [1.29, 1.82) is 0 Å². The smallest absolute Gasteiger partial charge is 0.232 e. The Morgan fingerprint density at radius 3 is 2.33 bits per heavy atom. The van der Waals surface area contributed by atoms with Gasteiger partial charge < -0.3 is 14.7 Å². The van der Waals surface area contributed by atoms with Crippen molar-refractivity contribution in [2.75, 3.05) is 50.1 Å². The third-order valence-corrected chi connectivity index (χ3v) is 3.81. The summed E-state index contributed by atoms with van der Waals surface area (Å²) in [6, 6.07) is 8.23. The van der Waals surface area contributed by atoms with Crippen LogP contribution in [0.4, 0.5) is 11.4 Å². The van der Waals surface area contributed by atoms with E-state index in [-0.39, 0.29) is 11.3 Å². The number of hydrogen-bond acceptors (Lipinski definition) is 3. The lowest BCUT2D eigenvalue weighted by Gasteiger charge is -2.40. The molecule has 0 atom stereocenters. The summed E-state index contributed by atoms with van der Waals surface area (Å²) >= 11 is 0. The van der Waals surface area contributed by atoms with Crippen LogP contribution < -0.4 is 9.80 Å². The normalized spacial score (nSPS) is 15.3. The molecular formula is C17H27N3O. The fourth-order valence-electron chi connectivity index (χ4n) is 2.59. The maximum absolute atomic E-state index is 12.7. The zero-order chi connectivity index (χ0) is 15.6. The van der Waals surface area contributed by atoms with Gasteiger partial charge in [-0.05, 0) is 26.2 Å². The van der Waals surface area contributed by atoms with Gasteiger partial charge in [-0.3, -0.25) is 4.79 Å². The second-order valence-electron chi connectivity index (χ2n) is 6.99. The molecule has 4 nitrogen and oxygen atoms in total. The van der Waals surface area contributed by atoms with Crippen molar-refractivity contribution in [3.05, 3.63) is 24.3 Å². The third-order valence-electron chi connectivity index (χ3n) is 3.81. The number of anilines is 2. The van der Waals surface area contributed by atoms with Gasteiger partial charge in [-0.2, -0.15) is 0 Å². The van der Waals surface area contributed by atoms with Crippen LogP contribution >= 0.6 is 0 Å². The lowest BCUT2D eigenvalue weighted by molar-refractivity contribution is -0.125. The van der Waals surface area contributed by atoms with Gasteiger partial charge in [-0.15, -0.1) is 0 Å². The monoisotopic (exact) mass is 289 g/mol. The van der Waals surface area contributed by atoms with Crippen molar-refractivity contribution in [3.8, 4) is 0 Å². The molecule has 1 heterocycles. The molecule has 4 heteroatoms. The highest BCUT2D eigenvalue weighted by molar-refractivity contribution is 6.00. The lowest BCUT2D eigenvalue weighted by Crippen LogP contribution is -2.49. The van der Waals surface area contributed by atoms with E-state index in [1.165, 1.54) is 5.69 Å². The molecule has 0 bridgehead atoms. The number of amides is 1. The first-order chi connectivity index (χ1) is 9.80. The highest BCUT2D eigenvalue weighted by atomic mass is 16.2. The van der Waals surface area contributed by atoms with Gasteiger partial charge in [0.1, 0.15) is 0 Å². The molecule has 1 aliphatic heterocycles. The maximum Gasteiger partial charge on any atom is 0.232 e. The Kier molecular flexibility index (Phi) is 4.57. The number of para-hydroxylation sites is 2. The Morgan fingerprint density at radius 2 is 1.76 bits per heavy atom. The Hall–Kier alpha value is -1.55. The van der Waals surface area contributed by atoms with Crippen LogP contribution in [-0.4, -0.2) is 51.1 Å². The minimum atomic E-state index is -0.348. The fraction of sp³-hybridized carbons (Fsp3) is 0.588. The molecule has 0 radical (unpaired) electrons. The SMILES string of the molecule is CN(C)CCN1CCN(C(=O)C(C)(C)C)c2ccccc21. The molecule has 1 amide bonds. The lowest BCUT2D eigenvalue weighted by atomic mass is 9.93. The molecule has 0 saturated heterocycles. The Balaban J connectivity index is 2.26. The van der Waals surface area contributed by atoms with Gasteiger partial charge in [0.25, 0.3) is 0 Å². The maximum atomic E-state index is 12.7. The van der Waals surface area contributed by atoms with Gasteiger partial charge in [-0.1, -0.05) is 32.9 Å². The van der Waals surface area contributed by atoms with Crippen LogP contribution in [0.3, 0.4) is 0 Å². The number of benzene rings is 1. The Bertz CT molecular complexity index is 505. The number of hydrogen-bond donors (Lipinski definition) is 0. The van der Waals surface area contributed by atoms with Crippen LogP contribution in [0.2, 0.25) is 0 Å². The van der Waals surface area contributed by atoms with E-state index in [2.05, 4.69) is 36.0 Å². The molecule has 0 aliphatic carbocycles. The first-order valence-electron chi connectivity index (χ1n) is 7.61. The van der Waals surface area contributed by atoms with Crippen molar-refractivity contribution in [2.24, 2.45) is 5.41 Å². The van der Waals surface area contributed by atoms with E-state index < -0.39 is 0 Å². The molecule has 0 spiro atoms. The molecule has 2 rings (SSSR count). The topological polar surface area (TPSA) is 26.8 Å². The zero-order valence-corrected chi connectivity index (χ0v) is 13.9. The van der Waals surface area contributed by atoms with Crippen LogP contribution in [-0.2, 0) is 4.79 Å².